The van der Waals surface area contributed by atoms with E-state index in [1.807, 2.05) is 19.2 Å². The number of tetrazole rings is 1. The molecule has 0 saturated heterocycles. The fourth-order valence-corrected chi connectivity index (χ4v) is 2.67. The Kier molecular flexibility index (Phi) is 4.29. The molecule has 114 valence electrons. The number of aromatic nitrogens is 4. The summed E-state index contributed by atoms with van der Waals surface area (Å²) in [4.78, 5) is 1.64. The van der Waals surface area contributed by atoms with Crippen molar-refractivity contribution in [1.29, 1.82) is 0 Å². The molecule has 0 radical (unpaired) electrons. The van der Waals surface area contributed by atoms with Crippen molar-refractivity contribution in [2.24, 2.45) is 0 Å². The Morgan fingerprint density at radius 2 is 2.00 bits per heavy atom. The lowest BCUT2D eigenvalue weighted by Crippen LogP contribution is -2.20. The van der Waals surface area contributed by atoms with Crippen molar-refractivity contribution < 1.29 is 4.74 Å². The van der Waals surface area contributed by atoms with Crippen molar-refractivity contribution in [2.45, 2.75) is 12.5 Å². The summed E-state index contributed by atoms with van der Waals surface area (Å²) >= 11 is 0. The highest BCUT2D eigenvalue weighted by Gasteiger charge is 2.20. The maximum atomic E-state index is 5.60. The number of hydrogen-bond donors (Lipinski definition) is 1. The molecule has 0 aliphatic carbocycles. The van der Waals surface area contributed by atoms with Crippen LogP contribution in [0.5, 0.6) is 5.75 Å². The van der Waals surface area contributed by atoms with Gasteiger partial charge in [0, 0.05) is 5.56 Å². The summed E-state index contributed by atoms with van der Waals surface area (Å²) in [5, 5.41) is 17.6. The van der Waals surface area contributed by atoms with Crippen LogP contribution in [0.2, 0.25) is 0 Å². The highest BCUT2D eigenvalue weighted by atomic mass is 16.5. The van der Waals surface area contributed by atoms with E-state index in [4.69, 9.17) is 4.74 Å². The Morgan fingerprint density at radius 1 is 1.23 bits per heavy atom. The van der Waals surface area contributed by atoms with Gasteiger partial charge in [0.15, 0.2) is 6.33 Å². The largest absolute Gasteiger partial charge is 0.496 e. The van der Waals surface area contributed by atoms with Crippen LogP contribution in [0.3, 0.4) is 0 Å². The quantitative estimate of drug-likeness (QED) is 0.754. The highest BCUT2D eigenvalue weighted by molar-refractivity contribution is 5.85. The summed E-state index contributed by atoms with van der Waals surface area (Å²) in [6.45, 7) is 0.849. The van der Waals surface area contributed by atoms with E-state index in [0.29, 0.717) is 0 Å². The van der Waals surface area contributed by atoms with Crippen LogP contribution < -0.4 is 10.1 Å². The van der Waals surface area contributed by atoms with Crippen molar-refractivity contribution in [3.8, 4) is 5.75 Å². The van der Waals surface area contributed by atoms with Crippen LogP contribution in [0.25, 0.3) is 10.8 Å². The Labute approximate surface area is 129 Å². The topological polar surface area (TPSA) is 64.9 Å². The third kappa shape index (κ3) is 2.78. The minimum atomic E-state index is -0.0190. The zero-order chi connectivity index (χ0) is 15.4. The second-order valence-electron chi connectivity index (χ2n) is 5.11. The number of methoxy groups -OCH3 is 1. The van der Waals surface area contributed by atoms with Gasteiger partial charge >= 0.3 is 0 Å². The molecule has 3 aromatic rings. The second-order valence-corrected chi connectivity index (χ2v) is 5.11. The molecule has 1 heterocycles. The van der Waals surface area contributed by atoms with Crippen molar-refractivity contribution in [1.82, 2.24) is 25.5 Å². The molecule has 0 saturated carbocycles. The number of ether oxygens (including phenoxy) is 1. The monoisotopic (exact) mass is 297 g/mol. The van der Waals surface area contributed by atoms with Gasteiger partial charge in [-0.05, 0) is 48.1 Å². The first-order chi connectivity index (χ1) is 10.8. The summed E-state index contributed by atoms with van der Waals surface area (Å²) < 4.78 is 5.60. The van der Waals surface area contributed by atoms with Gasteiger partial charge in [0.1, 0.15) is 11.8 Å². The van der Waals surface area contributed by atoms with Gasteiger partial charge in [-0.25, -0.2) is 0 Å². The number of nitrogens with zero attached hydrogens (tertiary/aromatic N) is 4. The third-order valence-electron chi connectivity index (χ3n) is 3.77. The predicted molar refractivity (Wildman–Crippen MR) is 85.0 cm³/mol. The van der Waals surface area contributed by atoms with Gasteiger partial charge in [0.05, 0.1) is 7.11 Å². The normalized spacial score (nSPS) is 12.5. The summed E-state index contributed by atoms with van der Waals surface area (Å²) in [6, 6.07) is 12.4. The maximum Gasteiger partial charge on any atom is 0.162 e. The van der Waals surface area contributed by atoms with Gasteiger partial charge in [-0.2, -0.15) is 4.80 Å². The van der Waals surface area contributed by atoms with Crippen LogP contribution in [0.4, 0.5) is 0 Å². The summed E-state index contributed by atoms with van der Waals surface area (Å²) in [7, 11) is 3.63. The standard InChI is InChI=1S/C16H19N5O/c1-17-8-7-15(21-19-11-18-20-21)14-9-12-5-3-4-6-13(12)10-16(14)22-2/h3-6,9-11,15,17H,7-8H2,1-2H3. The van der Waals surface area contributed by atoms with Gasteiger partial charge in [-0.15, -0.1) is 10.2 Å². The van der Waals surface area contributed by atoms with E-state index < -0.39 is 0 Å². The second kappa shape index (κ2) is 6.53. The first-order valence-electron chi connectivity index (χ1n) is 7.27. The summed E-state index contributed by atoms with van der Waals surface area (Å²) in [6.07, 6.45) is 2.31. The first kappa shape index (κ1) is 14.5. The SMILES string of the molecule is CNCCC(c1cc2ccccc2cc1OC)n1ncnn1. The maximum absolute atomic E-state index is 5.60. The van der Waals surface area contributed by atoms with Crippen LogP contribution in [0.15, 0.2) is 42.7 Å². The molecule has 1 atom stereocenters. The van der Waals surface area contributed by atoms with Crippen LogP contribution in [0, 0.1) is 0 Å². The van der Waals surface area contributed by atoms with Crippen molar-refractivity contribution in [3.63, 3.8) is 0 Å². The van der Waals surface area contributed by atoms with E-state index in [0.717, 1.165) is 29.7 Å². The Bertz CT molecular complexity index is 741. The van der Waals surface area contributed by atoms with Gasteiger partial charge in [0.2, 0.25) is 0 Å². The highest BCUT2D eigenvalue weighted by Crippen LogP contribution is 2.33. The number of benzene rings is 2. The fourth-order valence-electron chi connectivity index (χ4n) is 2.67. The lowest BCUT2D eigenvalue weighted by molar-refractivity contribution is 0.377. The molecule has 2 aromatic carbocycles. The van der Waals surface area contributed by atoms with Crippen molar-refractivity contribution >= 4 is 10.8 Å². The number of nitrogens with one attached hydrogen (secondary N) is 1. The van der Waals surface area contributed by atoms with Crippen molar-refractivity contribution in [3.05, 3.63) is 48.3 Å². The molecular weight excluding hydrogens is 278 g/mol. The number of fused-ring (bicyclic) bond motifs is 1. The average molecular weight is 297 g/mol. The molecule has 0 bridgehead atoms. The summed E-state index contributed by atoms with van der Waals surface area (Å²) in [5.41, 5.74) is 1.06. The minimum absolute atomic E-state index is 0.0190. The lowest BCUT2D eigenvalue weighted by Gasteiger charge is -2.19. The fraction of sp³-hybridized carbons (Fsp3) is 0.312. The Morgan fingerprint density at radius 3 is 2.64 bits per heavy atom. The Hall–Kier alpha value is -2.47. The van der Waals surface area contributed by atoms with Crippen LogP contribution in [-0.2, 0) is 0 Å². The van der Waals surface area contributed by atoms with Gasteiger partial charge < -0.3 is 10.1 Å². The van der Waals surface area contributed by atoms with Gasteiger partial charge in [0.25, 0.3) is 0 Å². The molecule has 0 amide bonds. The summed E-state index contributed by atoms with van der Waals surface area (Å²) in [5.74, 6) is 0.845. The van der Waals surface area contributed by atoms with E-state index in [9.17, 15) is 0 Å². The molecule has 0 aliphatic heterocycles. The van der Waals surface area contributed by atoms with Gasteiger partial charge in [-0.1, -0.05) is 24.3 Å². The molecule has 3 rings (SSSR count). The molecule has 1 aromatic heterocycles. The molecule has 1 unspecified atom stereocenters. The molecule has 6 nitrogen and oxygen atoms in total. The average Bonchev–Trinajstić information content (AvgIpc) is 3.08. The third-order valence-corrected chi connectivity index (χ3v) is 3.77. The van der Waals surface area contributed by atoms with Crippen LogP contribution in [0.1, 0.15) is 18.0 Å². The van der Waals surface area contributed by atoms with E-state index >= 15 is 0 Å². The van der Waals surface area contributed by atoms with E-state index in [1.165, 1.54) is 11.7 Å². The first-order valence-corrected chi connectivity index (χ1v) is 7.27. The van der Waals surface area contributed by atoms with Crippen molar-refractivity contribution in [2.75, 3.05) is 20.7 Å². The van der Waals surface area contributed by atoms with Crippen LogP contribution in [-0.4, -0.2) is 40.9 Å². The van der Waals surface area contributed by atoms with Crippen LogP contribution >= 0.6 is 0 Å². The smallest absolute Gasteiger partial charge is 0.162 e. The molecular formula is C16H19N5O. The molecule has 22 heavy (non-hydrogen) atoms. The predicted octanol–water partition coefficient (Wildman–Crippen LogP) is 2.03. The van der Waals surface area contributed by atoms with E-state index in [1.54, 1.807) is 11.9 Å². The van der Waals surface area contributed by atoms with E-state index in [2.05, 4.69) is 45.0 Å². The molecule has 0 fully saturated rings. The Balaban J connectivity index is 2.11. The molecule has 0 aliphatic rings. The zero-order valence-corrected chi connectivity index (χ0v) is 12.7. The number of hydrogen-bond acceptors (Lipinski definition) is 5. The van der Waals surface area contributed by atoms with Gasteiger partial charge in [-0.3, -0.25) is 0 Å². The molecule has 0 spiro atoms. The molecule has 1 N–H and O–H groups in total. The lowest BCUT2D eigenvalue weighted by atomic mass is 9.98. The number of rotatable bonds is 6. The van der Waals surface area contributed by atoms with E-state index in [-0.39, 0.29) is 6.04 Å². The minimum Gasteiger partial charge on any atom is -0.496 e. The zero-order valence-electron chi connectivity index (χ0n) is 12.7. The molecule has 6 heteroatoms.